The van der Waals surface area contributed by atoms with E-state index in [9.17, 15) is 22.8 Å². The Bertz CT molecular complexity index is 193. The molecule has 2 N–H and O–H groups in total. The molecule has 0 aromatic heterocycles. The van der Waals surface area contributed by atoms with E-state index in [4.69, 9.17) is 0 Å². The summed E-state index contributed by atoms with van der Waals surface area (Å²) in [7, 11) is 0. The average molecular weight is 198 g/mol. The van der Waals surface area contributed by atoms with Crippen LogP contribution in [0.4, 0.5) is 13.2 Å². The second kappa shape index (κ2) is 4.68. The molecule has 0 aromatic carbocycles. The van der Waals surface area contributed by atoms with Gasteiger partial charge in [0, 0.05) is 0 Å². The Hall–Kier alpha value is -1.27. The summed E-state index contributed by atoms with van der Waals surface area (Å²) in [4.78, 5) is 20.6. The molecule has 1 atom stereocenters. The maximum Gasteiger partial charge on any atom is 0.405 e. The summed E-state index contributed by atoms with van der Waals surface area (Å²) >= 11 is 0. The molecule has 0 spiro atoms. The number of carbonyl (C=O) groups is 2. The summed E-state index contributed by atoms with van der Waals surface area (Å²) in [6.07, 6.45) is -4.19. The van der Waals surface area contributed by atoms with Gasteiger partial charge in [-0.2, -0.15) is 13.2 Å². The van der Waals surface area contributed by atoms with Crippen molar-refractivity contribution in [1.29, 1.82) is 0 Å². The molecule has 0 aromatic rings. The van der Waals surface area contributed by atoms with Crippen molar-refractivity contribution in [2.24, 2.45) is 0 Å². The Labute approximate surface area is 72.5 Å². The van der Waals surface area contributed by atoms with Gasteiger partial charge in [0.1, 0.15) is 12.6 Å². The van der Waals surface area contributed by atoms with Gasteiger partial charge in [-0.25, -0.2) is 0 Å². The van der Waals surface area contributed by atoms with Crippen LogP contribution in [-0.4, -0.2) is 31.1 Å². The molecule has 2 amide bonds. The van der Waals surface area contributed by atoms with Gasteiger partial charge in [-0.3, -0.25) is 9.59 Å². The number of hydrogen-bond acceptors (Lipinski definition) is 2. The highest BCUT2D eigenvalue weighted by atomic mass is 19.4. The fourth-order valence-electron chi connectivity index (χ4n) is 0.518. The normalized spacial score (nSPS) is 13.2. The summed E-state index contributed by atoms with van der Waals surface area (Å²) in [5.74, 6) is -0.871. The van der Waals surface area contributed by atoms with E-state index < -0.39 is 24.7 Å². The van der Waals surface area contributed by atoms with Crippen molar-refractivity contribution in [1.82, 2.24) is 10.6 Å². The van der Waals surface area contributed by atoms with E-state index in [2.05, 4.69) is 0 Å². The standard InChI is InChI=1S/C6H9F3N2O2/c1-4(11-3-12)5(13)10-2-6(7,8)9/h3-4H,2H2,1H3,(H,10,13)(H,11,12). The van der Waals surface area contributed by atoms with Crippen LogP contribution in [0.2, 0.25) is 0 Å². The van der Waals surface area contributed by atoms with Crippen LogP contribution in [0.3, 0.4) is 0 Å². The first kappa shape index (κ1) is 11.7. The first-order valence-electron chi connectivity index (χ1n) is 3.41. The molecular weight excluding hydrogens is 189 g/mol. The molecule has 0 radical (unpaired) electrons. The molecule has 76 valence electrons. The zero-order chi connectivity index (χ0) is 10.5. The predicted molar refractivity (Wildman–Crippen MR) is 37.7 cm³/mol. The van der Waals surface area contributed by atoms with Crippen LogP contribution in [0.15, 0.2) is 0 Å². The van der Waals surface area contributed by atoms with Crippen molar-refractivity contribution in [2.75, 3.05) is 6.54 Å². The van der Waals surface area contributed by atoms with Gasteiger partial charge in [-0.05, 0) is 6.92 Å². The minimum Gasteiger partial charge on any atom is -0.347 e. The first-order valence-corrected chi connectivity index (χ1v) is 3.41. The highest BCUT2D eigenvalue weighted by molar-refractivity contribution is 5.83. The van der Waals surface area contributed by atoms with E-state index >= 15 is 0 Å². The average Bonchev–Trinajstić information content (AvgIpc) is 1.99. The van der Waals surface area contributed by atoms with E-state index in [0.717, 1.165) is 0 Å². The molecule has 0 aliphatic heterocycles. The maximum atomic E-state index is 11.6. The summed E-state index contributed by atoms with van der Waals surface area (Å²) < 4.78 is 34.7. The Balaban J connectivity index is 3.81. The Morgan fingerprint density at radius 1 is 1.54 bits per heavy atom. The summed E-state index contributed by atoms with van der Waals surface area (Å²) in [6, 6.07) is -0.958. The summed E-state index contributed by atoms with van der Waals surface area (Å²) in [5, 5.41) is 3.64. The molecule has 0 aliphatic rings. The third-order valence-electron chi connectivity index (χ3n) is 1.17. The van der Waals surface area contributed by atoms with Crippen LogP contribution < -0.4 is 10.6 Å². The number of nitrogens with one attached hydrogen (secondary N) is 2. The largest absolute Gasteiger partial charge is 0.405 e. The van der Waals surface area contributed by atoms with Crippen LogP contribution in [0, 0.1) is 0 Å². The van der Waals surface area contributed by atoms with Crippen LogP contribution in [0.5, 0.6) is 0 Å². The minimum absolute atomic E-state index is 0.248. The zero-order valence-corrected chi connectivity index (χ0v) is 6.81. The van der Waals surface area contributed by atoms with Gasteiger partial charge in [0.15, 0.2) is 0 Å². The highest BCUT2D eigenvalue weighted by Gasteiger charge is 2.28. The number of halogens is 3. The molecule has 13 heavy (non-hydrogen) atoms. The van der Waals surface area contributed by atoms with Gasteiger partial charge in [0.25, 0.3) is 0 Å². The fourth-order valence-corrected chi connectivity index (χ4v) is 0.518. The molecule has 0 rings (SSSR count). The second-order valence-corrected chi connectivity index (χ2v) is 2.34. The first-order chi connectivity index (χ1) is 5.87. The van der Waals surface area contributed by atoms with Gasteiger partial charge in [0.05, 0.1) is 0 Å². The minimum atomic E-state index is -4.43. The number of amides is 2. The lowest BCUT2D eigenvalue weighted by molar-refractivity contribution is -0.139. The van der Waals surface area contributed by atoms with Crippen molar-refractivity contribution < 1.29 is 22.8 Å². The molecule has 0 heterocycles. The zero-order valence-electron chi connectivity index (χ0n) is 6.81. The summed E-state index contributed by atoms with van der Waals surface area (Å²) in [5.41, 5.74) is 0. The molecule has 0 saturated carbocycles. The van der Waals surface area contributed by atoms with E-state index in [-0.39, 0.29) is 6.41 Å². The van der Waals surface area contributed by atoms with Crippen LogP contribution in [0.1, 0.15) is 6.92 Å². The lowest BCUT2D eigenvalue weighted by atomic mass is 10.3. The van der Waals surface area contributed by atoms with Crippen molar-refractivity contribution in [3.05, 3.63) is 0 Å². The van der Waals surface area contributed by atoms with Crippen molar-refractivity contribution in [3.8, 4) is 0 Å². The van der Waals surface area contributed by atoms with Crippen LogP contribution >= 0.6 is 0 Å². The van der Waals surface area contributed by atoms with Crippen molar-refractivity contribution in [3.63, 3.8) is 0 Å². The molecule has 7 heteroatoms. The molecule has 0 fully saturated rings. The van der Waals surface area contributed by atoms with Crippen molar-refractivity contribution in [2.45, 2.75) is 19.1 Å². The number of alkyl halides is 3. The van der Waals surface area contributed by atoms with E-state index in [0.29, 0.717) is 0 Å². The lowest BCUT2D eigenvalue weighted by Gasteiger charge is -2.12. The predicted octanol–water partition coefficient (Wildman–Crippen LogP) is -0.201. The van der Waals surface area contributed by atoms with Gasteiger partial charge in [0.2, 0.25) is 12.3 Å². The van der Waals surface area contributed by atoms with Crippen LogP contribution in [-0.2, 0) is 9.59 Å². The van der Waals surface area contributed by atoms with Gasteiger partial charge in [-0.1, -0.05) is 0 Å². The third kappa shape index (κ3) is 5.94. The maximum absolute atomic E-state index is 11.6. The highest BCUT2D eigenvalue weighted by Crippen LogP contribution is 2.11. The Kier molecular flexibility index (Phi) is 4.22. The molecular formula is C6H9F3N2O2. The topological polar surface area (TPSA) is 58.2 Å². The molecule has 4 nitrogen and oxygen atoms in total. The van der Waals surface area contributed by atoms with Crippen molar-refractivity contribution >= 4 is 12.3 Å². The lowest BCUT2D eigenvalue weighted by Crippen LogP contribution is -2.44. The monoisotopic (exact) mass is 198 g/mol. The Morgan fingerprint density at radius 2 is 2.08 bits per heavy atom. The SMILES string of the molecule is CC(NC=O)C(=O)NCC(F)(F)F. The van der Waals surface area contributed by atoms with E-state index in [1.807, 2.05) is 5.32 Å². The van der Waals surface area contributed by atoms with Gasteiger partial charge < -0.3 is 10.6 Å². The van der Waals surface area contributed by atoms with E-state index in [1.165, 1.54) is 6.92 Å². The summed E-state index contributed by atoms with van der Waals surface area (Å²) in [6.45, 7) is -0.114. The van der Waals surface area contributed by atoms with Gasteiger partial charge in [-0.15, -0.1) is 0 Å². The van der Waals surface area contributed by atoms with Gasteiger partial charge >= 0.3 is 6.18 Å². The van der Waals surface area contributed by atoms with E-state index in [1.54, 1.807) is 5.32 Å². The molecule has 1 unspecified atom stereocenters. The number of rotatable bonds is 4. The smallest absolute Gasteiger partial charge is 0.347 e. The fraction of sp³-hybridized carbons (Fsp3) is 0.667. The molecule has 0 bridgehead atoms. The molecule has 0 aliphatic carbocycles. The number of hydrogen-bond donors (Lipinski definition) is 2. The van der Waals surface area contributed by atoms with Crippen LogP contribution in [0.25, 0.3) is 0 Å². The second-order valence-electron chi connectivity index (χ2n) is 2.34. The third-order valence-corrected chi connectivity index (χ3v) is 1.17. The molecule has 0 saturated heterocycles. The quantitative estimate of drug-likeness (QED) is 0.614. The Morgan fingerprint density at radius 3 is 2.46 bits per heavy atom. The number of carbonyl (C=O) groups excluding carboxylic acids is 2.